The van der Waals surface area contributed by atoms with Gasteiger partial charge in [0.2, 0.25) is 0 Å². The van der Waals surface area contributed by atoms with Gasteiger partial charge in [-0.1, -0.05) is 137 Å². The average Bonchev–Trinajstić information content (AvgIpc) is 3.91. The first-order valence-corrected chi connectivity index (χ1v) is 24.0. The zero-order valence-corrected chi connectivity index (χ0v) is 38.6. The topological polar surface area (TPSA) is 17.0 Å². The number of fused-ring (bicyclic) bond motifs is 12. The Balaban J connectivity index is 1.18. The molecule has 1 N–H and O–H groups in total. The summed E-state index contributed by atoms with van der Waals surface area (Å²) < 4.78 is 5.41. The summed E-state index contributed by atoms with van der Waals surface area (Å²) in [5.41, 5.74) is 23.9. The maximum atomic E-state index is 3.88. The molecule has 2 aliphatic carbocycles. The Hall–Kier alpha value is -6.36. The molecular formula is C60H51BN2S. The van der Waals surface area contributed by atoms with Gasteiger partial charge in [-0.2, -0.15) is 0 Å². The van der Waals surface area contributed by atoms with Gasteiger partial charge >= 0.3 is 0 Å². The number of nitrogens with one attached hydrogen (secondary N) is 1. The third-order valence-corrected chi connectivity index (χ3v) is 16.9. The van der Waals surface area contributed by atoms with Gasteiger partial charge in [-0.15, -0.1) is 11.3 Å². The maximum absolute atomic E-state index is 3.88. The van der Waals surface area contributed by atoms with Crippen LogP contribution in [0.25, 0.3) is 81.0 Å². The fraction of sp³-hybridized carbons (Fsp3) is 0.200. The summed E-state index contributed by atoms with van der Waals surface area (Å²) in [6, 6.07) is 56.0. The van der Waals surface area contributed by atoms with E-state index >= 15 is 0 Å². The minimum atomic E-state index is -0.115. The lowest BCUT2D eigenvalue weighted by atomic mass is 9.58. The van der Waals surface area contributed by atoms with E-state index in [9.17, 15) is 0 Å². The van der Waals surface area contributed by atoms with Crippen molar-refractivity contribution in [3.63, 3.8) is 0 Å². The Kier molecular flexibility index (Phi) is 7.81. The van der Waals surface area contributed by atoms with Crippen LogP contribution in [0.15, 0.2) is 146 Å². The minimum Gasteiger partial charge on any atom is -0.355 e. The lowest BCUT2D eigenvalue weighted by Crippen LogP contribution is -2.37. The van der Waals surface area contributed by atoms with E-state index in [1.165, 1.54) is 133 Å². The fourth-order valence-electron chi connectivity index (χ4n) is 12.1. The van der Waals surface area contributed by atoms with E-state index in [1.54, 1.807) is 0 Å². The number of benzene rings is 8. The van der Waals surface area contributed by atoms with Crippen LogP contribution >= 0.6 is 11.3 Å². The molecule has 0 saturated carbocycles. The first-order chi connectivity index (χ1) is 30.9. The van der Waals surface area contributed by atoms with E-state index in [1.807, 2.05) is 11.3 Å². The lowest BCUT2D eigenvalue weighted by molar-refractivity contribution is 0.332. The van der Waals surface area contributed by atoms with Crippen molar-refractivity contribution in [2.75, 3.05) is 5.32 Å². The first-order valence-electron chi connectivity index (χ1n) is 23.2. The molecule has 3 aliphatic rings. The van der Waals surface area contributed by atoms with Crippen LogP contribution in [0.4, 0.5) is 11.4 Å². The monoisotopic (exact) mass is 842 g/mol. The van der Waals surface area contributed by atoms with Crippen molar-refractivity contribution < 1.29 is 0 Å². The zero-order valence-electron chi connectivity index (χ0n) is 37.8. The molecule has 0 spiro atoms. The van der Waals surface area contributed by atoms with E-state index < -0.39 is 0 Å². The fourth-order valence-corrected chi connectivity index (χ4v) is 13.2. The predicted octanol–water partition coefficient (Wildman–Crippen LogP) is 14.9. The Bertz CT molecular complexity index is 3650. The number of rotatable bonds is 4. The van der Waals surface area contributed by atoms with Gasteiger partial charge < -0.3 is 9.88 Å². The van der Waals surface area contributed by atoms with Crippen molar-refractivity contribution in [1.82, 2.24) is 4.57 Å². The van der Waals surface area contributed by atoms with E-state index in [0.717, 1.165) is 18.7 Å². The van der Waals surface area contributed by atoms with Crippen LogP contribution in [0.3, 0.4) is 0 Å². The molecule has 0 bridgehead atoms. The van der Waals surface area contributed by atoms with E-state index in [0.29, 0.717) is 0 Å². The molecule has 13 rings (SSSR count). The number of aryl methyl sites for hydroxylation is 1. The smallest absolute Gasteiger partial charge is 0.198 e. The van der Waals surface area contributed by atoms with Crippen LogP contribution < -0.4 is 16.2 Å². The molecule has 0 radical (unpaired) electrons. The second-order valence-corrected chi connectivity index (χ2v) is 22.0. The molecule has 10 aromatic rings. The number of para-hydroxylation sites is 1. The molecule has 8 aromatic carbocycles. The van der Waals surface area contributed by atoms with Crippen LogP contribution in [0, 0.1) is 6.92 Å². The van der Waals surface area contributed by atoms with Crippen LogP contribution in [-0.2, 0) is 16.2 Å². The summed E-state index contributed by atoms with van der Waals surface area (Å²) >= 11 is 1.92. The third-order valence-electron chi connectivity index (χ3n) is 15.7. The summed E-state index contributed by atoms with van der Waals surface area (Å²) in [7, 11) is 0.851. The molecule has 1 aliphatic heterocycles. The first kappa shape index (κ1) is 38.1. The Morgan fingerprint density at radius 1 is 0.547 bits per heavy atom. The number of hydrogen-bond acceptors (Lipinski definition) is 2. The van der Waals surface area contributed by atoms with Gasteiger partial charge in [-0.05, 0) is 147 Å². The molecule has 0 atom stereocenters. The molecule has 0 unspecified atom stereocenters. The van der Waals surface area contributed by atoms with Crippen LogP contribution in [0.1, 0.15) is 82.2 Å². The molecule has 64 heavy (non-hydrogen) atoms. The molecule has 0 amide bonds. The molecule has 2 aromatic heterocycles. The SMILES string of the molecule is Cc1ccc(Nc2ccccc2-c2cc(-c3ccc4c(c3)C(C)(C)c3ccccc3-4)c3c4cc5c(cc4n4c3c2Bc2cc3sc6ccccc6c3cc2-4)C(C)(C)CCC5(C)C)cc1. The Morgan fingerprint density at radius 2 is 1.25 bits per heavy atom. The highest BCUT2D eigenvalue weighted by Crippen LogP contribution is 2.53. The number of anilines is 2. The summed E-state index contributed by atoms with van der Waals surface area (Å²) in [5, 5.41) is 9.30. The van der Waals surface area contributed by atoms with Crippen molar-refractivity contribution in [3.05, 3.63) is 173 Å². The van der Waals surface area contributed by atoms with Gasteiger partial charge in [0, 0.05) is 64.5 Å². The van der Waals surface area contributed by atoms with Gasteiger partial charge in [0.1, 0.15) is 0 Å². The van der Waals surface area contributed by atoms with Crippen molar-refractivity contribution in [3.8, 4) is 39.1 Å². The lowest BCUT2D eigenvalue weighted by Gasteiger charge is -2.42. The van der Waals surface area contributed by atoms with Gasteiger partial charge in [-0.3, -0.25) is 0 Å². The number of nitrogens with zero attached hydrogens (tertiary/aromatic N) is 1. The van der Waals surface area contributed by atoms with Gasteiger partial charge in [0.25, 0.3) is 0 Å². The van der Waals surface area contributed by atoms with Crippen LogP contribution in [0.5, 0.6) is 0 Å². The van der Waals surface area contributed by atoms with Crippen LogP contribution in [0.2, 0.25) is 0 Å². The van der Waals surface area contributed by atoms with Crippen molar-refractivity contribution in [2.24, 2.45) is 0 Å². The number of hydrogen-bond donors (Lipinski definition) is 1. The highest BCUT2D eigenvalue weighted by atomic mass is 32.1. The predicted molar refractivity (Wildman–Crippen MR) is 278 cm³/mol. The maximum Gasteiger partial charge on any atom is 0.198 e. The number of thiophene rings is 1. The standard InChI is InChI=1S/C60H51BN2S/c1-34-20-23-36(24-21-34)62-50-18-12-9-15-39(50)43-29-41(35-22-25-38-37-14-8-11-17-45(37)60(6,7)46(38)28-35)55-44-30-47-48(59(4,5)27-26-58(47,2)3)32-51(44)63-52-31-42-40-16-10-13-19-53(40)64-54(42)33-49(52)61-56(43)57(55)63/h8-25,28-33,61-62H,26-27H2,1-7H3. The van der Waals surface area contributed by atoms with Crippen molar-refractivity contribution in [2.45, 2.75) is 77.6 Å². The van der Waals surface area contributed by atoms with E-state index in [4.69, 9.17) is 0 Å². The molecule has 0 fully saturated rings. The van der Waals surface area contributed by atoms with Gasteiger partial charge in [0.15, 0.2) is 7.28 Å². The number of aromatic nitrogens is 1. The normalized spacial score (nSPS) is 16.1. The Morgan fingerprint density at radius 3 is 2.06 bits per heavy atom. The quantitative estimate of drug-likeness (QED) is 0.175. The minimum absolute atomic E-state index is 0.0682. The highest BCUT2D eigenvalue weighted by Gasteiger charge is 2.40. The molecule has 310 valence electrons. The summed E-state index contributed by atoms with van der Waals surface area (Å²) in [6.07, 6.45) is 2.35. The molecule has 2 nitrogen and oxygen atoms in total. The zero-order chi connectivity index (χ0) is 43.4. The summed E-state index contributed by atoms with van der Waals surface area (Å²) in [5.74, 6) is 0. The Labute approximate surface area is 380 Å². The molecule has 0 saturated heterocycles. The largest absolute Gasteiger partial charge is 0.355 e. The van der Waals surface area contributed by atoms with Crippen LogP contribution in [-0.4, -0.2) is 11.8 Å². The van der Waals surface area contributed by atoms with E-state index in [2.05, 4.69) is 204 Å². The summed E-state index contributed by atoms with van der Waals surface area (Å²) in [4.78, 5) is 0. The second kappa shape index (κ2) is 13.1. The van der Waals surface area contributed by atoms with Crippen molar-refractivity contribution >= 4 is 82.9 Å². The average molecular weight is 843 g/mol. The summed E-state index contributed by atoms with van der Waals surface area (Å²) in [6.45, 7) is 16.9. The molecule has 3 heterocycles. The van der Waals surface area contributed by atoms with Gasteiger partial charge in [0.05, 0.1) is 5.52 Å². The highest BCUT2D eigenvalue weighted by molar-refractivity contribution is 7.26. The van der Waals surface area contributed by atoms with E-state index in [-0.39, 0.29) is 16.2 Å². The van der Waals surface area contributed by atoms with Gasteiger partial charge in [-0.25, -0.2) is 0 Å². The van der Waals surface area contributed by atoms with Crippen molar-refractivity contribution in [1.29, 1.82) is 0 Å². The molecular weight excluding hydrogens is 792 g/mol. The molecule has 4 heteroatoms. The second-order valence-electron chi connectivity index (χ2n) is 20.9. The third kappa shape index (κ3) is 5.33.